The first-order chi connectivity index (χ1) is 9.80. The van der Waals surface area contributed by atoms with E-state index in [-0.39, 0.29) is 6.61 Å². The number of H-pyrrole nitrogens is 1. The van der Waals surface area contributed by atoms with Gasteiger partial charge in [-0.25, -0.2) is 4.98 Å². The molecule has 2 rings (SSSR count). The van der Waals surface area contributed by atoms with Crippen molar-refractivity contribution in [3.8, 4) is 0 Å². The second kappa shape index (κ2) is 7.47. The number of rotatable bonds is 8. The summed E-state index contributed by atoms with van der Waals surface area (Å²) in [5.74, 6) is 0.723. The van der Waals surface area contributed by atoms with Crippen molar-refractivity contribution >= 4 is 11.8 Å². The molecule has 0 aliphatic heterocycles. The van der Waals surface area contributed by atoms with Crippen LogP contribution < -0.4 is 5.32 Å². The third kappa shape index (κ3) is 3.62. The number of aliphatic hydroxyl groups is 1. The molecule has 0 fully saturated rings. The first-order valence-corrected chi connectivity index (χ1v) is 7.83. The van der Waals surface area contributed by atoms with E-state index in [1.54, 1.807) is 18.0 Å². The predicted octanol–water partition coefficient (Wildman–Crippen LogP) is 2.39. The van der Waals surface area contributed by atoms with Crippen LogP contribution in [-0.4, -0.2) is 34.0 Å². The van der Waals surface area contributed by atoms with E-state index in [4.69, 9.17) is 0 Å². The number of nitrogens with one attached hydrogen (secondary N) is 2. The van der Waals surface area contributed by atoms with E-state index in [9.17, 15) is 5.11 Å². The van der Waals surface area contributed by atoms with Crippen molar-refractivity contribution in [3.05, 3.63) is 48.3 Å². The highest BCUT2D eigenvalue weighted by Crippen LogP contribution is 2.28. The Bertz CT molecular complexity index is 489. The molecule has 1 heterocycles. The zero-order chi connectivity index (χ0) is 14.3. The molecule has 1 aromatic carbocycles. The summed E-state index contributed by atoms with van der Waals surface area (Å²) in [4.78, 5) is 7.31. The zero-order valence-electron chi connectivity index (χ0n) is 11.7. The first kappa shape index (κ1) is 15.1. The van der Waals surface area contributed by atoms with E-state index < -0.39 is 5.54 Å². The highest BCUT2D eigenvalue weighted by Gasteiger charge is 2.31. The molecule has 0 spiro atoms. The molecule has 0 radical (unpaired) electrons. The van der Waals surface area contributed by atoms with Crippen LogP contribution in [-0.2, 0) is 5.54 Å². The lowest BCUT2D eigenvalue weighted by atomic mass is 9.92. The summed E-state index contributed by atoms with van der Waals surface area (Å²) in [6.07, 6.45) is 4.58. The first-order valence-electron chi connectivity index (χ1n) is 6.84. The Kier molecular flexibility index (Phi) is 5.64. The fourth-order valence-corrected chi connectivity index (χ4v) is 3.10. The van der Waals surface area contributed by atoms with Gasteiger partial charge in [-0.15, -0.1) is 0 Å². The summed E-state index contributed by atoms with van der Waals surface area (Å²) >= 11 is 1.61. The molecule has 1 atom stereocenters. The minimum absolute atomic E-state index is 0.0602. The summed E-state index contributed by atoms with van der Waals surface area (Å²) in [6.45, 7) is 3.05. The van der Waals surface area contributed by atoms with Crippen LogP contribution in [0.1, 0.15) is 18.9 Å². The Balaban J connectivity index is 2.17. The number of thioether (sulfide) groups is 1. The lowest BCUT2D eigenvalue weighted by Crippen LogP contribution is -2.48. The van der Waals surface area contributed by atoms with Gasteiger partial charge in [-0.2, -0.15) is 0 Å². The molecule has 4 nitrogen and oxygen atoms in total. The molecule has 20 heavy (non-hydrogen) atoms. The van der Waals surface area contributed by atoms with Crippen molar-refractivity contribution in [2.45, 2.75) is 24.0 Å². The van der Waals surface area contributed by atoms with Crippen molar-refractivity contribution in [2.75, 3.05) is 18.9 Å². The predicted molar refractivity (Wildman–Crippen MR) is 82.8 cm³/mol. The largest absolute Gasteiger partial charge is 0.394 e. The SMILES string of the molecule is CCCNC(CO)(CSc1ncc[nH]1)c1ccccc1. The quantitative estimate of drug-likeness (QED) is 0.654. The van der Waals surface area contributed by atoms with Gasteiger partial charge in [-0.05, 0) is 18.5 Å². The minimum Gasteiger partial charge on any atom is -0.394 e. The number of aliphatic hydroxyl groups excluding tert-OH is 1. The number of nitrogens with zero attached hydrogens (tertiary/aromatic N) is 1. The van der Waals surface area contributed by atoms with Crippen LogP contribution in [0.4, 0.5) is 0 Å². The number of benzene rings is 1. The molecule has 0 saturated heterocycles. The van der Waals surface area contributed by atoms with Gasteiger partial charge in [0.2, 0.25) is 0 Å². The highest BCUT2D eigenvalue weighted by atomic mass is 32.2. The van der Waals surface area contributed by atoms with Crippen LogP contribution in [0.3, 0.4) is 0 Å². The van der Waals surface area contributed by atoms with Crippen LogP contribution in [0.5, 0.6) is 0 Å². The smallest absolute Gasteiger partial charge is 0.165 e. The van der Waals surface area contributed by atoms with Crippen LogP contribution in [0.2, 0.25) is 0 Å². The molecule has 5 heteroatoms. The molecule has 1 aromatic heterocycles. The van der Waals surface area contributed by atoms with Gasteiger partial charge in [0.25, 0.3) is 0 Å². The zero-order valence-corrected chi connectivity index (χ0v) is 12.5. The maximum Gasteiger partial charge on any atom is 0.165 e. The second-order valence-electron chi connectivity index (χ2n) is 4.72. The standard InChI is InChI=1S/C15H21N3OS/c1-2-8-18-15(11-19,13-6-4-3-5-7-13)12-20-14-16-9-10-17-14/h3-7,9-10,18-19H,2,8,11-12H2,1H3,(H,16,17). The van der Waals surface area contributed by atoms with Gasteiger partial charge in [-0.3, -0.25) is 0 Å². The van der Waals surface area contributed by atoms with Gasteiger partial charge < -0.3 is 15.4 Å². The highest BCUT2D eigenvalue weighted by molar-refractivity contribution is 7.99. The van der Waals surface area contributed by atoms with E-state index in [2.05, 4.69) is 34.3 Å². The molecule has 2 aromatic rings. The van der Waals surface area contributed by atoms with Crippen molar-refractivity contribution in [3.63, 3.8) is 0 Å². The Hall–Kier alpha value is -1.30. The van der Waals surface area contributed by atoms with Crippen molar-refractivity contribution in [2.24, 2.45) is 0 Å². The molecular formula is C15H21N3OS. The molecule has 3 N–H and O–H groups in total. The molecule has 0 bridgehead atoms. The van der Waals surface area contributed by atoms with E-state index in [1.165, 1.54) is 0 Å². The van der Waals surface area contributed by atoms with E-state index in [0.29, 0.717) is 0 Å². The third-order valence-corrected chi connectivity index (χ3v) is 4.37. The summed E-state index contributed by atoms with van der Waals surface area (Å²) in [7, 11) is 0. The van der Waals surface area contributed by atoms with Crippen LogP contribution >= 0.6 is 11.8 Å². The number of hydrogen-bond donors (Lipinski definition) is 3. The van der Waals surface area contributed by atoms with Gasteiger partial charge in [0.15, 0.2) is 5.16 Å². The monoisotopic (exact) mass is 291 g/mol. The maximum absolute atomic E-state index is 9.98. The van der Waals surface area contributed by atoms with Crippen molar-refractivity contribution in [1.29, 1.82) is 0 Å². The molecule has 1 unspecified atom stereocenters. The number of aromatic amines is 1. The number of imidazole rings is 1. The normalized spacial score (nSPS) is 14.1. The van der Waals surface area contributed by atoms with E-state index in [1.807, 2.05) is 24.4 Å². The topological polar surface area (TPSA) is 60.9 Å². The lowest BCUT2D eigenvalue weighted by Gasteiger charge is -2.33. The Labute approximate surface area is 124 Å². The van der Waals surface area contributed by atoms with Crippen LogP contribution in [0.25, 0.3) is 0 Å². The Morgan fingerprint density at radius 2 is 2.15 bits per heavy atom. The molecular weight excluding hydrogens is 270 g/mol. The van der Waals surface area contributed by atoms with Gasteiger partial charge >= 0.3 is 0 Å². The van der Waals surface area contributed by atoms with Gasteiger partial charge in [-0.1, -0.05) is 49.0 Å². The molecule has 0 saturated carbocycles. The van der Waals surface area contributed by atoms with Crippen molar-refractivity contribution in [1.82, 2.24) is 15.3 Å². The number of aromatic nitrogens is 2. The Morgan fingerprint density at radius 1 is 1.35 bits per heavy atom. The fraction of sp³-hybridized carbons (Fsp3) is 0.400. The summed E-state index contributed by atoms with van der Waals surface area (Å²) in [6, 6.07) is 10.1. The molecule has 108 valence electrons. The van der Waals surface area contributed by atoms with Gasteiger partial charge in [0.05, 0.1) is 12.1 Å². The van der Waals surface area contributed by atoms with E-state index in [0.717, 1.165) is 29.4 Å². The summed E-state index contributed by atoms with van der Waals surface area (Å²) < 4.78 is 0. The van der Waals surface area contributed by atoms with Crippen molar-refractivity contribution < 1.29 is 5.11 Å². The maximum atomic E-state index is 9.98. The third-order valence-electron chi connectivity index (χ3n) is 3.24. The van der Waals surface area contributed by atoms with Gasteiger partial charge in [0, 0.05) is 18.1 Å². The van der Waals surface area contributed by atoms with Crippen LogP contribution in [0.15, 0.2) is 47.9 Å². The lowest BCUT2D eigenvalue weighted by molar-refractivity contribution is 0.179. The molecule has 0 amide bonds. The Morgan fingerprint density at radius 3 is 2.75 bits per heavy atom. The summed E-state index contributed by atoms with van der Waals surface area (Å²) in [5.41, 5.74) is 0.671. The average molecular weight is 291 g/mol. The second-order valence-corrected chi connectivity index (χ2v) is 5.68. The fourth-order valence-electron chi connectivity index (χ4n) is 2.07. The minimum atomic E-state index is -0.436. The van der Waals surface area contributed by atoms with Crippen LogP contribution in [0, 0.1) is 0 Å². The number of hydrogen-bond acceptors (Lipinski definition) is 4. The molecule has 0 aliphatic rings. The van der Waals surface area contributed by atoms with Gasteiger partial charge in [0.1, 0.15) is 0 Å². The van der Waals surface area contributed by atoms with E-state index >= 15 is 0 Å². The average Bonchev–Trinajstić information content (AvgIpc) is 3.02. The molecule has 0 aliphatic carbocycles. The summed E-state index contributed by atoms with van der Waals surface area (Å²) in [5, 5.41) is 14.3.